The normalized spacial score (nSPS) is 10.0. The van der Waals surface area contributed by atoms with E-state index in [4.69, 9.17) is 9.84 Å². The van der Waals surface area contributed by atoms with Gasteiger partial charge in [0.15, 0.2) is 0 Å². The van der Waals surface area contributed by atoms with E-state index >= 15 is 0 Å². The van der Waals surface area contributed by atoms with Crippen molar-refractivity contribution in [3.63, 3.8) is 0 Å². The number of anilines is 2. The third-order valence-electron chi connectivity index (χ3n) is 2.30. The summed E-state index contributed by atoms with van der Waals surface area (Å²) in [5, 5.41) is 11.5. The molecule has 6 nitrogen and oxygen atoms in total. The van der Waals surface area contributed by atoms with Crippen LogP contribution in [0, 0.1) is 5.95 Å². The molecule has 2 heterocycles. The molecule has 98 valence electrons. The van der Waals surface area contributed by atoms with E-state index in [2.05, 4.69) is 15.3 Å². The number of halogens is 1. The van der Waals surface area contributed by atoms with E-state index in [-0.39, 0.29) is 5.82 Å². The molecule has 0 radical (unpaired) electrons. The van der Waals surface area contributed by atoms with Crippen molar-refractivity contribution in [1.29, 1.82) is 0 Å². The molecule has 0 aliphatic heterocycles. The van der Waals surface area contributed by atoms with Crippen molar-refractivity contribution >= 4 is 17.5 Å². The Kier molecular flexibility index (Phi) is 3.56. The van der Waals surface area contributed by atoms with Gasteiger partial charge in [0.05, 0.1) is 19.0 Å². The SMILES string of the molecule is COc1ccc(Nc2ccc(C(=O)O)c(F)n2)cn1. The zero-order chi connectivity index (χ0) is 13.8. The second-order valence-electron chi connectivity index (χ2n) is 3.55. The van der Waals surface area contributed by atoms with Gasteiger partial charge in [-0.3, -0.25) is 0 Å². The van der Waals surface area contributed by atoms with Gasteiger partial charge >= 0.3 is 5.97 Å². The Morgan fingerprint density at radius 3 is 2.68 bits per heavy atom. The smallest absolute Gasteiger partial charge is 0.340 e. The van der Waals surface area contributed by atoms with Crippen LogP contribution in [-0.4, -0.2) is 28.2 Å². The van der Waals surface area contributed by atoms with Crippen LogP contribution in [0.5, 0.6) is 5.88 Å². The number of pyridine rings is 2. The summed E-state index contributed by atoms with van der Waals surface area (Å²) in [6.45, 7) is 0. The first-order chi connectivity index (χ1) is 9.10. The first-order valence-corrected chi connectivity index (χ1v) is 5.27. The zero-order valence-electron chi connectivity index (χ0n) is 9.92. The summed E-state index contributed by atoms with van der Waals surface area (Å²) in [5.74, 6) is -1.76. The average molecular weight is 263 g/mol. The van der Waals surface area contributed by atoms with E-state index in [9.17, 15) is 9.18 Å². The summed E-state index contributed by atoms with van der Waals surface area (Å²) < 4.78 is 18.3. The molecule has 2 N–H and O–H groups in total. The highest BCUT2D eigenvalue weighted by atomic mass is 19.1. The van der Waals surface area contributed by atoms with Crippen LogP contribution in [0.25, 0.3) is 0 Å². The summed E-state index contributed by atoms with van der Waals surface area (Å²) in [7, 11) is 1.50. The standard InChI is InChI=1S/C12H10FN3O3/c1-19-10-5-2-7(6-14-10)15-9-4-3-8(12(17)18)11(13)16-9/h2-6H,1H3,(H,15,16)(H,17,18). The van der Waals surface area contributed by atoms with Gasteiger partial charge in [0.2, 0.25) is 11.8 Å². The van der Waals surface area contributed by atoms with Crippen LogP contribution in [0.4, 0.5) is 15.9 Å². The predicted molar refractivity (Wildman–Crippen MR) is 65.2 cm³/mol. The maximum absolute atomic E-state index is 13.4. The monoisotopic (exact) mass is 263 g/mol. The van der Waals surface area contributed by atoms with Crippen LogP contribution < -0.4 is 10.1 Å². The Labute approximate surface area is 107 Å². The minimum atomic E-state index is -1.36. The fourth-order valence-electron chi connectivity index (χ4n) is 1.39. The lowest BCUT2D eigenvalue weighted by atomic mass is 10.3. The van der Waals surface area contributed by atoms with Gasteiger partial charge in [0, 0.05) is 6.07 Å². The highest BCUT2D eigenvalue weighted by Gasteiger charge is 2.11. The van der Waals surface area contributed by atoms with Gasteiger partial charge in [-0.25, -0.2) is 14.8 Å². The number of nitrogens with one attached hydrogen (secondary N) is 1. The van der Waals surface area contributed by atoms with Gasteiger partial charge < -0.3 is 15.2 Å². The number of methoxy groups -OCH3 is 1. The van der Waals surface area contributed by atoms with Crippen LogP contribution in [-0.2, 0) is 0 Å². The number of aromatic carboxylic acids is 1. The van der Waals surface area contributed by atoms with Crippen LogP contribution in [0.15, 0.2) is 30.5 Å². The molecule has 0 fully saturated rings. The molecular formula is C12H10FN3O3. The highest BCUT2D eigenvalue weighted by Crippen LogP contribution is 2.17. The number of carboxylic acids is 1. The van der Waals surface area contributed by atoms with E-state index in [1.54, 1.807) is 12.1 Å². The molecule has 0 atom stereocenters. The second-order valence-corrected chi connectivity index (χ2v) is 3.55. The van der Waals surface area contributed by atoms with Crippen LogP contribution in [0.2, 0.25) is 0 Å². The number of carbonyl (C=O) groups is 1. The van der Waals surface area contributed by atoms with Gasteiger partial charge in [-0.1, -0.05) is 0 Å². The van der Waals surface area contributed by atoms with Gasteiger partial charge in [-0.05, 0) is 18.2 Å². The molecule has 0 aliphatic carbocycles. The summed E-state index contributed by atoms with van der Waals surface area (Å²) in [6, 6.07) is 5.82. The van der Waals surface area contributed by atoms with Crippen molar-refractivity contribution < 1.29 is 19.0 Å². The summed E-state index contributed by atoms with van der Waals surface area (Å²) in [5.41, 5.74) is 0.106. The van der Waals surface area contributed by atoms with Crippen molar-refractivity contribution in [2.24, 2.45) is 0 Å². The van der Waals surface area contributed by atoms with Gasteiger partial charge in [-0.2, -0.15) is 4.39 Å². The highest BCUT2D eigenvalue weighted by molar-refractivity contribution is 5.87. The average Bonchev–Trinajstić information content (AvgIpc) is 2.39. The molecule has 0 aromatic carbocycles. The first-order valence-electron chi connectivity index (χ1n) is 5.27. The topological polar surface area (TPSA) is 84.3 Å². The fourth-order valence-corrected chi connectivity index (χ4v) is 1.39. The molecule has 0 unspecified atom stereocenters. The number of hydrogen-bond donors (Lipinski definition) is 2. The third kappa shape index (κ3) is 2.95. The molecule has 2 aromatic heterocycles. The molecule has 19 heavy (non-hydrogen) atoms. The molecule has 0 bridgehead atoms. The van der Waals surface area contributed by atoms with E-state index in [0.717, 1.165) is 6.07 Å². The molecule has 2 aromatic rings. The Bertz CT molecular complexity index is 602. The maximum Gasteiger partial charge on any atom is 0.340 e. The number of rotatable bonds is 4. The van der Waals surface area contributed by atoms with Gasteiger partial charge in [0.1, 0.15) is 11.4 Å². The molecule has 0 saturated heterocycles. The third-order valence-corrected chi connectivity index (χ3v) is 2.30. The van der Waals surface area contributed by atoms with Crippen LogP contribution in [0.3, 0.4) is 0 Å². The molecule has 0 saturated carbocycles. The summed E-state index contributed by atoms with van der Waals surface area (Å²) >= 11 is 0. The van der Waals surface area contributed by atoms with E-state index < -0.39 is 17.5 Å². The first kappa shape index (κ1) is 12.7. The van der Waals surface area contributed by atoms with E-state index in [0.29, 0.717) is 11.6 Å². The largest absolute Gasteiger partial charge is 0.481 e. The lowest BCUT2D eigenvalue weighted by molar-refractivity contribution is 0.0691. The molecular weight excluding hydrogens is 253 g/mol. The Morgan fingerprint density at radius 2 is 2.16 bits per heavy atom. The predicted octanol–water partition coefficient (Wildman–Crippen LogP) is 2.07. The Hall–Kier alpha value is -2.70. The molecule has 0 spiro atoms. The van der Waals surface area contributed by atoms with E-state index in [1.807, 2.05) is 0 Å². The second kappa shape index (κ2) is 5.30. The van der Waals surface area contributed by atoms with Crippen LogP contribution in [0.1, 0.15) is 10.4 Å². The van der Waals surface area contributed by atoms with Gasteiger partial charge in [0.25, 0.3) is 0 Å². The van der Waals surface area contributed by atoms with E-state index in [1.165, 1.54) is 19.4 Å². The quantitative estimate of drug-likeness (QED) is 0.821. The maximum atomic E-state index is 13.4. The minimum absolute atomic E-state index is 0.189. The number of carboxylic acid groups (broad SMARTS) is 1. The fraction of sp³-hybridized carbons (Fsp3) is 0.0833. The number of aromatic nitrogens is 2. The van der Waals surface area contributed by atoms with Gasteiger partial charge in [-0.15, -0.1) is 0 Å². The van der Waals surface area contributed by atoms with Crippen molar-refractivity contribution in [1.82, 2.24) is 9.97 Å². The molecule has 7 heteroatoms. The lowest BCUT2D eigenvalue weighted by Crippen LogP contribution is -2.04. The Balaban J connectivity index is 2.18. The van der Waals surface area contributed by atoms with Crippen molar-refractivity contribution in [3.8, 4) is 5.88 Å². The van der Waals surface area contributed by atoms with Crippen molar-refractivity contribution in [2.45, 2.75) is 0 Å². The number of hydrogen-bond acceptors (Lipinski definition) is 5. The van der Waals surface area contributed by atoms with Crippen molar-refractivity contribution in [3.05, 3.63) is 42.0 Å². The van der Waals surface area contributed by atoms with Crippen LogP contribution >= 0.6 is 0 Å². The van der Waals surface area contributed by atoms with Crippen molar-refractivity contribution in [2.75, 3.05) is 12.4 Å². The summed E-state index contributed by atoms with van der Waals surface area (Å²) in [6.07, 6.45) is 1.49. The zero-order valence-corrected chi connectivity index (χ0v) is 9.92. The molecule has 0 aliphatic rings. The molecule has 0 amide bonds. The molecule has 2 rings (SSSR count). The summed E-state index contributed by atoms with van der Waals surface area (Å²) in [4.78, 5) is 18.1. The number of ether oxygens (including phenoxy) is 1. The number of nitrogens with zero attached hydrogens (tertiary/aromatic N) is 2. The lowest BCUT2D eigenvalue weighted by Gasteiger charge is -2.06. The minimum Gasteiger partial charge on any atom is -0.481 e. The Morgan fingerprint density at radius 1 is 1.37 bits per heavy atom.